The van der Waals surface area contributed by atoms with E-state index in [2.05, 4.69) is 5.32 Å². The normalized spacial score (nSPS) is 21.1. The smallest absolute Gasteiger partial charge is 0.251 e. The SMILES string of the molecule is COc1cc(C(=O)NC2CCN(C(=O)C3CCCCC3)CC2)ccc1OC1CCCC1. The molecule has 1 aromatic rings. The molecule has 0 spiro atoms. The van der Waals surface area contributed by atoms with Gasteiger partial charge in [0, 0.05) is 30.6 Å². The Balaban J connectivity index is 1.28. The fraction of sp³-hybridized carbons (Fsp3) is 0.680. The molecule has 6 heteroatoms. The lowest BCUT2D eigenvalue weighted by Gasteiger charge is -2.35. The molecule has 170 valence electrons. The third-order valence-corrected chi connectivity index (χ3v) is 7.12. The van der Waals surface area contributed by atoms with Gasteiger partial charge in [-0.05, 0) is 69.6 Å². The van der Waals surface area contributed by atoms with Crippen molar-refractivity contribution in [1.82, 2.24) is 10.2 Å². The Labute approximate surface area is 185 Å². The summed E-state index contributed by atoms with van der Waals surface area (Å²) in [5.41, 5.74) is 0.580. The topological polar surface area (TPSA) is 67.9 Å². The Kier molecular flexibility index (Phi) is 7.36. The fourth-order valence-electron chi connectivity index (χ4n) is 5.21. The molecule has 0 atom stereocenters. The monoisotopic (exact) mass is 428 g/mol. The number of likely N-dealkylation sites (tertiary alicyclic amines) is 1. The molecule has 3 fully saturated rings. The van der Waals surface area contributed by atoms with Gasteiger partial charge in [-0.15, -0.1) is 0 Å². The highest BCUT2D eigenvalue weighted by molar-refractivity contribution is 5.95. The Hall–Kier alpha value is -2.24. The molecule has 2 amide bonds. The van der Waals surface area contributed by atoms with E-state index in [1.165, 1.54) is 32.1 Å². The molecule has 1 aliphatic heterocycles. The Morgan fingerprint density at radius 2 is 1.58 bits per heavy atom. The molecule has 0 radical (unpaired) electrons. The van der Waals surface area contributed by atoms with Crippen LogP contribution < -0.4 is 14.8 Å². The van der Waals surface area contributed by atoms with E-state index < -0.39 is 0 Å². The second-order valence-electron chi connectivity index (χ2n) is 9.30. The maximum atomic E-state index is 12.8. The first kappa shape index (κ1) is 22.0. The number of ether oxygens (including phenoxy) is 2. The van der Waals surface area contributed by atoms with Crippen molar-refractivity contribution in [1.29, 1.82) is 0 Å². The lowest BCUT2D eigenvalue weighted by Crippen LogP contribution is -2.48. The van der Waals surface area contributed by atoms with E-state index in [9.17, 15) is 9.59 Å². The third kappa shape index (κ3) is 5.52. The van der Waals surface area contributed by atoms with Crippen molar-refractivity contribution in [3.8, 4) is 11.5 Å². The summed E-state index contributed by atoms with van der Waals surface area (Å²) in [5, 5.41) is 3.14. The van der Waals surface area contributed by atoms with Gasteiger partial charge in [0.25, 0.3) is 5.91 Å². The molecule has 1 heterocycles. The number of piperidine rings is 1. The number of rotatable bonds is 6. The molecule has 31 heavy (non-hydrogen) atoms. The molecule has 2 aliphatic carbocycles. The van der Waals surface area contributed by atoms with Gasteiger partial charge in [0.2, 0.25) is 5.91 Å². The van der Waals surface area contributed by atoms with Crippen molar-refractivity contribution in [2.24, 2.45) is 5.92 Å². The van der Waals surface area contributed by atoms with Crippen LogP contribution in [0.25, 0.3) is 0 Å². The molecule has 1 aromatic carbocycles. The quantitative estimate of drug-likeness (QED) is 0.733. The Morgan fingerprint density at radius 1 is 0.903 bits per heavy atom. The first-order valence-electron chi connectivity index (χ1n) is 12.1. The summed E-state index contributed by atoms with van der Waals surface area (Å²) in [6.45, 7) is 1.47. The van der Waals surface area contributed by atoms with Crippen molar-refractivity contribution in [3.05, 3.63) is 23.8 Å². The van der Waals surface area contributed by atoms with Crippen LogP contribution in [0.3, 0.4) is 0 Å². The second-order valence-corrected chi connectivity index (χ2v) is 9.30. The van der Waals surface area contributed by atoms with Crippen molar-refractivity contribution in [2.75, 3.05) is 20.2 Å². The number of amides is 2. The number of carbonyl (C=O) groups is 2. The second kappa shape index (κ2) is 10.4. The number of hydrogen-bond donors (Lipinski definition) is 1. The fourth-order valence-corrected chi connectivity index (χ4v) is 5.21. The van der Waals surface area contributed by atoms with Crippen LogP contribution in [-0.4, -0.2) is 49.1 Å². The van der Waals surface area contributed by atoms with Crippen LogP contribution in [0.2, 0.25) is 0 Å². The maximum Gasteiger partial charge on any atom is 0.251 e. The lowest BCUT2D eigenvalue weighted by atomic mass is 9.87. The zero-order valence-corrected chi connectivity index (χ0v) is 18.7. The average Bonchev–Trinajstić information content (AvgIpc) is 3.33. The van der Waals surface area contributed by atoms with E-state index >= 15 is 0 Å². The van der Waals surface area contributed by atoms with Gasteiger partial charge < -0.3 is 19.7 Å². The highest BCUT2D eigenvalue weighted by Crippen LogP contribution is 2.32. The van der Waals surface area contributed by atoms with Gasteiger partial charge in [-0.1, -0.05) is 19.3 Å². The minimum atomic E-state index is -0.0947. The van der Waals surface area contributed by atoms with Crippen LogP contribution in [0.5, 0.6) is 11.5 Å². The van der Waals surface area contributed by atoms with Crippen LogP contribution in [0.15, 0.2) is 18.2 Å². The van der Waals surface area contributed by atoms with Gasteiger partial charge in [0.15, 0.2) is 11.5 Å². The molecular weight excluding hydrogens is 392 g/mol. The van der Waals surface area contributed by atoms with Gasteiger partial charge in [-0.3, -0.25) is 9.59 Å². The Bertz CT molecular complexity index is 761. The van der Waals surface area contributed by atoms with Gasteiger partial charge in [-0.2, -0.15) is 0 Å². The van der Waals surface area contributed by atoms with Crippen LogP contribution in [0, 0.1) is 5.92 Å². The number of carbonyl (C=O) groups excluding carboxylic acids is 2. The molecule has 0 unspecified atom stereocenters. The standard InChI is InChI=1S/C25H36N2O4/c1-30-23-17-19(11-12-22(23)31-21-9-5-6-10-21)24(28)26-20-13-15-27(16-14-20)25(29)18-7-3-2-4-8-18/h11-12,17-18,20-21H,2-10,13-16H2,1H3,(H,26,28). The summed E-state index contributed by atoms with van der Waals surface area (Å²) in [6.07, 6.45) is 12.1. The van der Waals surface area contributed by atoms with Crippen molar-refractivity contribution in [3.63, 3.8) is 0 Å². The predicted octanol–water partition coefficient (Wildman–Crippen LogP) is 4.32. The molecule has 3 aliphatic rings. The molecular formula is C25H36N2O4. The van der Waals surface area contributed by atoms with Crippen molar-refractivity contribution < 1.29 is 19.1 Å². The summed E-state index contributed by atoms with van der Waals surface area (Å²) in [7, 11) is 1.61. The predicted molar refractivity (Wildman–Crippen MR) is 120 cm³/mol. The summed E-state index contributed by atoms with van der Waals surface area (Å²) in [6, 6.07) is 5.52. The third-order valence-electron chi connectivity index (χ3n) is 7.12. The van der Waals surface area contributed by atoms with Crippen LogP contribution in [0.1, 0.15) is 81.0 Å². The van der Waals surface area contributed by atoms with Gasteiger partial charge in [0.05, 0.1) is 13.2 Å². The van der Waals surface area contributed by atoms with Crippen LogP contribution in [0.4, 0.5) is 0 Å². The molecule has 4 rings (SSSR count). The minimum Gasteiger partial charge on any atom is -0.493 e. The number of nitrogens with zero attached hydrogens (tertiary/aromatic N) is 1. The minimum absolute atomic E-state index is 0.0947. The Morgan fingerprint density at radius 3 is 2.26 bits per heavy atom. The van der Waals surface area contributed by atoms with E-state index in [0.717, 1.165) is 51.6 Å². The first-order valence-corrected chi connectivity index (χ1v) is 12.1. The summed E-state index contributed by atoms with van der Waals surface area (Å²) < 4.78 is 11.6. The molecule has 1 N–H and O–H groups in total. The molecule has 1 saturated heterocycles. The summed E-state index contributed by atoms with van der Waals surface area (Å²) in [4.78, 5) is 27.6. The van der Waals surface area contributed by atoms with E-state index in [4.69, 9.17) is 9.47 Å². The largest absolute Gasteiger partial charge is 0.493 e. The highest BCUT2D eigenvalue weighted by atomic mass is 16.5. The van der Waals surface area contributed by atoms with Gasteiger partial charge >= 0.3 is 0 Å². The average molecular weight is 429 g/mol. The molecule has 0 aromatic heterocycles. The number of benzene rings is 1. The summed E-state index contributed by atoms with van der Waals surface area (Å²) in [5.74, 6) is 1.76. The summed E-state index contributed by atoms with van der Waals surface area (Å²) >= 11 is 0. The first-order chi connectivity index (χ1) is 15.1. The van der Waals surface area contributed by atoms with E-state index in [1.54, 1.807) is 13.2 Å². The molecule has 6 nitrogen and oxygen atoms in total. The zero-order valence-electron chi connectivity index (χ0n) is 18.7. The van der Waals surface area contributed by atoms with E-state index in [1.807, 2.05) is 17.0 Å². The van der Waals surface area contributed by atoms with Crippen molar-refractivity contribution >= 4 is 11.8 Å². The van der Waals surface area contributed by atoms with E-state index in [0.29, 0.717) is 23.0 Å². The van der Waals surface area contributed by atoms with Crippen molar-refractivity contribution in [2.45, 2.75) is 82.8 Å². The highest BCUT2D eigenvalue weighted by Gasteiger charge is 2.29. The molecule has 0 bridgehead atoms. The molecule has 2 saturated carbocycles. The number of methoxy groups -OCH3 is 1. The number of nitrogens with one attached hydrogen (secondary N) is 1. The van der Waals surface area contributed by atoms with Crippen LogP contribution in [-0.2, 0) is 4.79 Å². The van der Waals surface area contributed by atoms with Gasteiger partial charge in [-0.25, -0.2) is 0 Å². The van der Waals surface area contributed by atoms with E-state index in [-0.39, 0.29) is 24.0 Å². The van der Waals surface area contributed by atoms with Crippen LogP contribution >= 0.6 is 0 Å². The lowest BCUT2D eigenvalue weighted by molar-refractivity contribution is -0.137. The zero-order chi connectivity index (χ0) is 21.6. The van der Waals surface area contributed by atoms with Gasteiger partial charge in [0.1, 0.15) is 0 Å². The maximum absolute atomic E-state index is 12.8. The number of hydrogen-bond acceptors (Lipinski definition) is 4.